The summed E-state index contributed by atoms with van der Waals surface area (Å²) in [6.45, 7) is 4.72. The molecule has 27 heavy (non-hydrogen) atoms. The van der Waals surface area contributed by atoms with Gasteiger partial charge in [-0.2, -0.15) is 0 Å². The van der Waals surface area contributed by atoms with E-state index in [4.69, 9.17) is 0 Å². The lowest BCUT2D eigenvalue weighted by Crippen LogP contribution is -2.39. The molecule has 0 radical (unpaired) electrons. The lowest BCUT2D eigenvalue weighted by Gasteiger charge is -2.30. The minimum Gasteiger partial charge on any atom is -0.325 e. The maximum absolute atomic E-state index is 2.42. The molecule has 1 aromatic carbocycles. The van der Waals surface area contributed by atoms with Gasteiger partial charge in [-0.05, 0) is 38.5 Å². The first-order chi connectivity index (χ1) is 13.1. The monoisotopic (exact) mass is 372 g/mol. The van der Waals surface area contributed by atoms with Gasteiger partial charge in [-0.1, -0.05) is 94.4 Å². The fourth-order valence-electron chi connectivity index (χ4n) is 3.77. The van der Waals surface area contributed by atoms with E-state index in [2.05, 4.69) is 63.5 Å². The predicted octanol–water partition coefficient (Wildman–Crippen LogP) is 7.91. The number of nitrogens with zero attached hydrogens (tertiary/aromatic N) is 1. The van der Waals surface area contributed by atoms with Crippen molar-refractivity contribution < 1.29 is 4.48 Å². The highest BCUT2D eigenvalue weighted by Gasteiger charge is 2.14. The molecule has 1 heteroatoms. The van der Waals surface area contributed by atoms with E-state index in [0.717, 1.165) is 11.0 Å². The third-order valence-corrected chi connectivity index (χ3v) is 5.48. The summed E-state index contributed by atoms with van der Waals surface area (Å²) in [5, 5.41) is 0. The second-order valence-corrected chi connectivity index (χ2v) is 8.89. The van der Waals surface area contributed by atoms with E-state index in [1.807, 2.05) is 0 Å². The summed E-state index contributed by atoms with van der Waals surface area (Å²) in [5.74, 6) is 0. The van der Waals surface area contributed by atoms with E-state index in [9.17, 15) is 0 Å². The van der Waals surface area contributed by atoms with Crippen LogP contribution in [-0.2, 0) is 6.54 Å². The fourth-order valence-corrected chi connectivity index (χ4v) is 3.77. The van der Waals surface area contributed by atoms with Gasteiger partial charge in [0, 0.05) is 5.56 Å². The van der Waals surface area contributed by atoms with Crippen LogP contribution in [0.2, 0.25) is 0 Å². The minimum atomic E-state index is 1.10. The van der Waals surface area contributed by atoms with Gasteiger partial charge < -0.3 is 4.48 Å². The summed E-state index contributed by atoms with van der Waals surface area (Å²) in [5.41, 5.74) is 1.46. The topological polar surface area (TPSA) is 0 Å². The van der Waals surface area contributed by atoms with Gasteiger partial charge in [0.2, 0.25) is 0 Å². The van der Waals surface area contributed by atoms with E-state index < -0.39 is 0 Å². The van der Waals surface area contributed by atoms with Gasteiger partial charge in [0.25, 0.3) is 0 Å². The van der Waals surface area contributed by atoms with Crippen LogP contribution in [0.1, 0.15) is 96.0 Å². The van der Waals surface area contributed by atoms with Crippen molar-refractivity contribution in [2.24, 2.45) is 0 Å². The molecule has 0 saturated carbocycles. The van der Waals surface area contributed by atoms with E-state index in [1.165, 1.54) is 95.6 Å². The Labute approximate surface area is 170 Å². The van der Waals surface area contributed by atoms with Crippen molar-refractivity contribution in [1.29, 1.82) is 0 Å². The molecule has 0 spiro atoms. The highest BCUT2D eigenvalue weighted by molar-refractivity contribution is 5.13. The molecule has 0 atom stereocenters. The maximum Gasteiger partial charge on any atom is 0.104 e. The van der Waals surface area contributed by atoms with Gasteiger partial charge in [-0.15, -0.1) is 0 Å². The molecule has 0 aromatic heterocycles. The Morgan fingerprint density at radius 1 is 0.667 bits per heavy atom. The molecule has 0 amide bonds. The summed E-state index contributed by atoms with van der Waals surface area (Å²) < 4.78 is 1.10. The molecule has 0 aliphatic rings. The van der Waals surface area contributed by atoms with Gasteiger partial charge in [-0.25, -0.2) is 0 Å². The van der Waals surface area contributed by atoms with E-state index in [1.54, 1.807) is 0 Å². The van der Waals surface area contributed by atoms with Crippen molar-refractivity contribution in [1.82, 2.24) is 0 Å². The lowest BCUT2D eigenvalue weighted by molar-refractivity contribution is -0.903. The van der Waals surface area contributed by atoms with Gasteiger partial charge in [0.1, 0.15) is 6.54 Å². The highest BCUT2D eigenvalue weighted by atomic mass is 15.3. The summed E-state index contributed by atoms with van der Waals surface area (Å²) in [7, 11) is 4.73. The average Bonchev–Trinajstić information content (AvgIpc) is 2.65. The quantitative estimate of drug-likeness (QED) is 0.148. The van der Waals surface area contributed by atoms with Crippen molar-refractivity contribution in [3.63, 3.8) is 0 Å². The van der Waals surface area contributed by atoms with Crippen molar-refractivity contribution in [3.05, 3.63) is 48.0 Å². The molecule has 0 heterocycles. The van der Waals surface area contributed by atoms with E-state index in [-0.39, 0.29) is 0 Å². The molecule has 0 N–H and O–H groups in total. The van der Waals surface area contributed by atoms with Crippen LogP contribution < -0.4 is 0 Å². The summed E-state index contributed by atoms with van der Waals surface area (Å²) in [4.78, 5) is 0. The molecule has 154 valence electrons. The molecule has 0 saturated heterocycles. The number of unbranched alkanes of at least 4 members (excludes halogenated alkanes) is 11. The predicted molar refractivity (Wildman–Crippen MR) is 122 cm³/mol. The Hall–Kier alpha value is -1.08. The largest absolute Gasteiger partial charge is 0.325 e. The van der Waals surface area contributed by atoms with E-state index >= 15 is 0 Å². The second kappa shape index (κ2) is 15.9. The number of quaternary nitrogens is 1. The number of rotatable bonds is 17. The molecule has 1 nitrogen and oxygen atoms in total. The first kappa shape index (κ1) is 24.0. The van der Waals surface area contributed by atoms with Gasteiger partial charge in [0.05, 0.1) is 20.6 Å². The number of allylic oxidation sites excluding steroid dienone is 2. The Balaban J connectivity index is 1.90. The summed E-state index contributed by atoms with van der Waals surface area (Å²) >= 11 is 0. The Bertz CT molecular complexity index is 460. The van der Waals surface area contributed by atoms with Crippen LogP contribution in [0.5, 0.6) is 0 Å². The lowest BCUT2D eigenvalue weighted by atomic mass is 10.1. The summed E-state index contributed by atoms with van der Waals surface area (Å²) in [6, 6.07) is 10.9. The zero-order chi connectivity index (χ0) is 19.6. The molecule has 0 aliphatic carbocycles. The summed E-state index contributed by atoms with van der Waals surface area (Å²) in [6.07, 6.45) is 22.8. The van der Waals surface area contributed by atoms with Crippen molar-refractivity contribution in [2.75, 3.05) is 20.6 Å². The molecule has 1 rings (SSSR count). The SMILES string of the molecule is CCCCCCC/C=C\CCCCCCCC[N+](C)(C)Cc1ccccc1. The zero-order valence-electron chi connectivity index (χ0n) is 18.6. The molecular formula is C26H46N+. The molecule has 0 aliphatic heterocycles. The molecule has 0 unspecified atom stereocenters. The maximum atomic E-state index is 2.42. The van der Waals surface area contributed by atoms with Gasteiger partial charge >= 0.3 is 0 Å². The van der Waals surface area contributed by atoms with Crippen LogP contribution in [-0.4, -0.2) is 25.1 Å². The normalized spacial score (nSPS) is 12.1. The van der Waals surface area contributed by atoms with Crippen LogP contribution in [0, 0.1) is 0 Å². The van der Waals surface area contributed by atoms with Crippen molar-refractivity contribution in [3.8, 4) is 0 Å². The fraction of sp³-hybridized carbons (Fsp3) is 0.692. The Morgan fingerprint density at radius 2 is 1.19 bits per heavy atom. The highest BCUT2D eigenvalue weighted by Crippen LogP contribution is 2.13. The molecule has 0 fully saturated rings. The minimum absolute atomic E-state index is 1.10. The van der Waals surface area contributed by atoms with Crippen LogP contribution in [0.15, 0.2) is 42.5 Å². The van der Waals surface area contributed by atoms with Crippen molar-refractivity contribution >= 4 is 0 Å². The third kappa shape index (κ3) is 14.6. The average molecular weight is 373 g/mol. The molecule has 1 aromatic rings. The Kier molecular flexibility index (Phi) is 14.1. The van der Waals surface area contributed by atoms with Gasteiger partial charge in [-0.3, -0.25) is 0 Å². The van der Waals surface area contributed by atoms with Crippen LogP contribution in [0.25, 0.3) is 0 Å². The molecule has 0 bridgehead atoms. The van der Waals surface area contributed by atoms with Crippen LogP contribution in [0.3, 0.4) is 0 Å². The standard InChI is InChI=1S/C26H46N/c1-4-5-6-7-8-9-10-11-12-13-14-15-16-17-21-24-27(2,3)25-26-22-19-18-20-23-26/h10-11,18-20,22-23H,4-9,12-17,21,24-25H2,1-3H3/q+1/b11-10-. The van der Waals surface area contributed by atoms with Crippen LogP contribution >= 0.6 is 0 Å². The zero-order valence-corrected chi connectivity index (χ0v) is 18.6. The first-order valence-electron chi connectivity index (χ1n) is 11.6. The molecular weight excluding hydrogens is 326 g/mol. The first-order valence-corrected chi connectivity index (χ1v) is 11.6. The Morgan fingerprint density at radius 3 is 1.78 bits per heavy atom. The second-order valence-electron chi connectivity index (χ2n) is 8.89. The third-order valence-electron chi connectivity index (χ3n) is 5.48. The number of benzene rings is 1. The number of hydrogen-bond donors (Lipinski definition) is 0. The van der Waals surface area contributed by atoms with Gasteiger partial charge in [0.15, 0.2) is 0 Å². The van der Waals surface area contributed by atoms with Crippen LogP contribution in [0.4, 0.5) is 0 Å². The van der Waals surface area contributed by atoms with Crippen molar-refractivity contribution in [2.45, 2.75) is 96.9 Å². The smallest absolute Gasteiger partial charge is 0.104 e. The van der Waals surface area contributed by atoms with E-state index in [0.29, 0.717) is 0 Å². The number of hydrogen-bond acceptors (Lipinski definition) is 0.